The molecule has 0 radical (unpaired) electrons. The average molecular weight is 328 g/mol. The summed E-state index contributed by atoms with van der Waals surface area (Å²) in [7, 11) is -2.88. The van der Waals surface area contributed by atoms with Gasteiger partial charge in [-0.1, -0.05) is 12.1 Å². The first-order chi connectivity index (χ1) is 10.4. The molecule has 22 heavy (non-hydrogen) atoms. The molecule has 1 saturated heterocycles. The molecule has 0 saturated carbocycles. The number of halogens is 1. The lowest BCUT2D eigenvalue weighted by atomic mass is 10.1. The van der Waals surface area contributed by atoms with Crippen molar-refractivity contribution in [2.75, 3.05) is 24.6 Å². The van der Waals surface area contributed by atoms with E-state index in [1.807, 2.05) is 0 Å². The van der Waals surface area contributed by atoms with Crippen LogP contribution in [0.25, 0.3) is 0 Å². The van der Waals surface area contributed by atoms with Crippen LogP contribution in [0.3, 0.4) is 0 Å². The molecule has 1 fully saturated rings. The van der Waals surface area contributed by atoms with Crippen molar-refractivity contribution in [2.24, 2.45) is 0 Å². The molecule has 2 N–H and O–H groups in total. The van der Waals surface area contributed by atoms with E-state index in [0.29, 0.717) is 32.4 Å². The zero-order valence-electron chi connectivity index (χ0n) is 12.3. The minimum atomic E-state index is -2.88. The highest BCUT2D eigenvalue weighted by atomic mass is 32.2. The number of hydrogen-bond acceptors (Lipinski definition) is 4. The molecule has 1 aliphatic rings. The van der Waals surface area contributed by atoms with Crippen LogP contribution in [0.15, 0.2) is 24.3 Å². The van der Waals surface area contributed by atoms with Crippen molar-refractivity contribution in [1.29, 1.82) is 0 Å². The van der Waals surface area contributed by atoms with E-state index in [1.54, 1.807) is 12.1 Å². The Hall–Kier alpha value is -1.47. The van der Waals surface area contributed by atoms with Crippen molar-refractivity contribution in [3.63, 3.8) is 0 Å². The number of nitrogens with one attached hydrogen (secondary N) is 2. The first kappa shape index (κ1) is 16.9. The minimum absolute atomic E-state index is 0.0305. The SMILES string of the molecule is O=C(CCNC1CCS(=O)(=O)C1)NCCc1ccc(F)cc1. The number of rotatable bonds is 7. The Morgan fingerprint density at radius 3 is 2.59 bits per heavy atom. The van der Waals surface area contributed by atoms with Gasteiger partial charge in [-0.15, -0.1) is 0 Å². The second kappa shape index (κ2) is 7.69. The summed E-state index contributed by atoms with van der Waals surface area (Å²) in [5.41, 5.74) is 0.969. The fraction of sp³-hybridized carbons (Fsp3) is 0.533. The number of hydrogen-bond donors (Lipinski definition) is 2. The van der Waals surface area contributed by atoms with E-state index in [1.165, 1.54) is 12.1 Å². The lowest BCUT2D eigenvalue weighted by Crippen LogP contribution is -2.34. The summed E-state index contributed by atoms with van der Waals surface area (Å²) in [4.78, 5) is 11.7. The van der Waals surface area contributed by atoms with Gasteiger partial charge in [0.2, 0.25) is 5.91 Å². The van der Waals surface area contributed by atoms with E-state index in [4.69, 9.17) is 0 Å². The van der Waals surface area contributed by atoms with Crippen LogP contribution in [0.1, 0.15) is 18.4 Å². The number of carbonyl (C=O) groups is 1. The summed E-state index contributed by atoms with van der Waals surface area (Å²) in [5.74, 6) is 0.0523. The molecule has 1 aliphatic heterocycles. The second-order valence-electron chi connectivity index (χ2n) is 5.53. The molecule has 7 heteroatoms. The maximum absolute atomic E-state index is 12.7. The Labute approximate surface area is 130 Å². The van der Waals surface area contributed by atoms with Gasteiger partial charge < -0.3 is 10.6 Å². The van der Waals surface area contributed by atoms with Crippen LogP contribution >= 0.6 is 0 Å². The Bertz CT molecular complexity index is 602. The first-order valence-corrected chi connectivity index (χ1v) is 9.22. The average Bonchev–Trinajstić information content (AvgIpc) is 2.80. The largest absolute Gasteiger partial charge is 0.356 e. The highest BCUT2D eigenvalue weighted by Gasteiger charge is 2.27. The van der Waals surface area contributed by atoms with Gasteiger partial charge in [0.05, 0.1) is 11.5 Å². The van der Waals surface area contributed by atoms with E-state index in [2.05, 4.69) is 10.6 Å². The van der Waals surface area contributed by atoms with Gasteiger partial charge >= 0.3 is 0 Å². The van der Waals surface area contributed by atoms with Gasteiger partial charge in [0.1, 0.15) is 5.82 Å². The van der Waals surface area contributed by atoms with Gasteiger partial charge in [-0.05, 0) is 30.5 Å². The Kier molecular flexibility index (Phi) is 5.90. The molecule has 5 nitrogen and oxygen atoms in total. The highest BCUT2D eigenvalue weighted by molar-refractivity contribution is 7.91. The molecule has 1 aromatic rings. The molecule has 2 rings (SSSR count). The zero-order chi connectivity index (χ0) is 16.0. The Morgan fingerprint density at radius 1 is 1.23 bits per heavy atom. The number of sulfone groups is 1. The summed E-state index contributed by atoms with van der Waals surface area (Å²) >= 11 is 0. The van der Waals surface area contributed by atoms with Crippen molar-refractivity contribution in [1.82, 2.24) is 10.6 Å². The Morgan fingerprint density at radius 2 is 1.95 bits per heavy atom. The molecular weight excluding hydrogens is 307 g/mol. The first-order valence-electron chi connectivity index (χ1n) is 7.39. The molecule has 0 aromatic heterocycles. The van der Waals surface area contributed by atoms with Crippen LogP contribution in [0.4, 0.5) is 4.39 Å². The lowest BCUT2D eigenvalue weighted by molar-refractivity contribution is -0.120. The normalized spacial score (nSPS) is 20.0. The standard InChI is InChI=1S/C15H21FN2O3S/c16-13-3-1-12(2-4-13)5-8-18-15(19)6-9-17-14-7-10-22(20,21)11-14/h1-4,14,17H,5-11H2,(H,18,19). The molecule has 1 atom stereocenters. The Balaban J connectivity index is 1.57. The van der Waals surface area contributed by atoms with E-state index < -0.39 is 9.84 Å². The molecule has 122 valence electrons. The van der Waals surface area contributed by atoms with Gasteiger partial charge in [0, 0.05) is 25.6 Å². The van der Waals surface area contributed by atoms with Gasteiger partial charge in [0.15, 0.2) is 9.84 Å². The molecule has 1 amide bonds. The van der Waals surface area contributed by atoms with Gasteiger partial charge in [0.25, 0.3) is 0 Å². The maximum atomic E-state index is 12.7. The maximum Gasteiger partial charge on any atom is 0.221 e. The third-order valence-electron chi connectivity index (χ3n) is 3.67. The fourth-order valence-electron chi connectivity index (χ4n) is 2.43. The topological polar surface area (TPSA) is 75.3 Å². The minimum Gasteiger partial charge on any atom is -0.356 e. The van der Waals surface area contributed by atoms with Crippen molar-refractivity contribution >= 4 is 15.7 Å². The number of carbonyl (C=O) groups excluding carboxylic acids is 1. The van der Waals surface area contributed by atoms with Crippen molar-refractivity contribution in [2.45, 2.75) is 25.3 Å². The van der Waals surface area contributed by atoms with Crippen molar-refractivity contribution in [3.05, 3.63) is 35.6 Å². The smallest absolute Gasteiger partial charge is 0.221 e. The summed E-state index contributed by atoms with van der Waals surface area (Å²) in [6, 6.07) is 6.16. The second-order valence-corrected chi connectivity index (χ2v) is 7.76. The van der Waals surface area contributed by atoms with Gasteiger partial charge in [-0.3, -0.25) is 4.79 Å². The summed E-state index contributed by atoms with van der Waals surface area (Å²) in [6.45, 7) is 0.977. The van der Waals surface area contributed by atoms with Crippen molar-refractivity contribution < 1.29 is 17.6 Å². The quantitative estimate of drug-likeness (QED) is 0.771. The highest BCUT2D eigenvalue weighted by Crippen LogP contribution is 2.10. The van der Waals surface area contributed by atoms with Gasteiger partial charge in [-0.25, -0.2) is 12.8 Å². The van der Waals surface area contributed by atoms with Crippen molar-refractivity contribution in [3.8, 4) is 0 Å². The third-order valence-corrected chi connectivity index (χ3v) is 5.43. The van der Waals surface area contributed by atoms with E-state index in [0.717, 1.165) is 5.56 Å². The fourth-order valence-corrected chi connectivity index (χ4v) is 4.14. The van der Waals surface area contributed by atoms with Crippen LogP contribution < -0.4 is 10.6 Å². The summed E-state index contributed by atoms with van der Waals surface area (Å²) in [6.07, 6.45) is 1.59. The summed E-state index contributed by atoms with van der Waals surface area (Å²) in [5, 5.41) is 5.90. The van der Waals surface area contributed by atoms with E-state index in [9.17, 15) is 17.6 Å². The lowest BCUT2D eigenvalue weighted by Gasteiger charge is -2.10. The van der Waals surface area contributed by atoms with E-state index >= 15 is 0 Å². The predicted octanol–water partition coefficient (Wildman–Crippen LogP) is 0.651. The van der Waals surface area contributed by atoms with Crippen LogP contribution in [-0.2, 0) is 21.1 Å². The van der Waals surface area contributed by atoms with Gasteiger partial charge in [-0.2, -0.15) is 0 Å². The number of amides is 1. The summed E-state index contributed by atoms with van der Waals surface area (Å²) < 4.78 is 35.3. The van der Waals surface area contributed by atoms with E-state index in [-0.39, 0.29) is 29.3 Å². The van der Waals surface area contributed by atoms with Crippen LogP contribution in [-0.4, -0.2) is 45.0 Å². The molecule has 0 spiro atoms. The number of benzene rings is 1. The van der Waals surface area contributed by atoms with Crippen LogP contribution in [0.5, 0.6) is 0 Å². The monoisotopic (exact) mass is 328 g/mol. The molecular formula is C15H21FN2O3S. The molecule has 0 bridgehead atoms. The molecule has 1 heterocycles. The molecule has 1 unspecified atom stereocenters. The zero-order valence-corrected chi connectivity index (χ0v) is 13.2. The van der Waals surface area contributed by atoms with Crippen LogP contribution in [0, 0.1) is 5.82 Å². The van der Waals surface area contributed by atoms with Crippen LogP contribution in [0.2, 0.25) is 0 Å². The third kappa shape index (κ3) is 5.73. The molecule has 0 aliphatic carbocycles. The molecule has 1 aromatic carbocycles. The predicted molar refractivity (Wildman–Crippen MR) is 82.8 cm³/mol.